The third-order valence-corrected chi connectivity index (χ3v) is 3.38. The molecular formula is C12H26ClN. The zero-order valence-electron chi connectivity index (χ0n) is 9.82. The minimum Gasteiger partial charge on any atom is -1.00 e. The van der Waals surface area contributed by atoms with E-state index in [-0.39, 0.29) is 12.4 Å². The van der Waals surface area contributed by atoms with Crippen molar-refractivity contribution in [2.75, 3.05) is 19.6 Å². The summed E-state index contributed by atoms with van der Waals surface area (Å²) in [5.41, 5.74) is 0. The van der Waals surface area contributed by atoms with Crippen molar-refractivity contribution < 1.29 is 17.3 Å². The van der Waals surface area contributed by atoms with E-state index in [0.29, 0.717) is 0 Å². The topological polar surface area (TPSA) is 4.44 Å². The van der Waals surface area contributed by atoms with E-state index in [2.05, 4.69) is 13.8 Å². The molecule has 1 rings (SSSR count). The summed E-state index contributed by atoms with van der Waals surface area (Å²) in [6, 6.07) is 0. The van der Waals surface area contributed by atoms with Crippen molar-refractivity contribution in [1.29, 1.82) is 0 Å². The quantitative estimate of drug-likeness (QED) is 0.598. The first kappa shape index (κ1) is 14.2. The van der Waals surface area contributed by atoms with Crippen molar-refractivity contribution in [1.82, 2.24) is 0 Å². The molecule has 1 aliphatic rings. The molecule has 1 saturated heterocycles. The SMILES string of the molecule is CCCCC1CC[NH+](CCC)CC1.[Cl-]. The van der Waals surface area contributed by atoms with Gasteiger partial charge in [0.1, 0.15) is 0 Å². The third kappa shape index (κ3) is 5.21. The number of nitrogens with one attached hydrogen (secondary N) is 1. The van der Waals surface area contributed by atoms with Crippen molar-refractivity contribution >= 4 is 0 Å². The van der Waals surface area contributed by atoms with Crippen LogP contribution in [0.4, 0.5) is 0 Å². The van der Waals surface area contributed by atoms with Gasteiger partial charge in [-0.2, -0.15) is 0 Å². The van der Waals surface area contributed by atoms with Gasteiger partial charge >= 0.3 is 0 Å². The van der Waals surface area contributed by atoms with Crippen molar-refractivity contribution in [3.05, 3.63) is 0 Å². The maximum absolute atomic E-state index is 2.30. The van der Waals surface area contributed by atoms with E-state index >= 15 is 0 Å². The summed E-state index contributed by atoms with van der Waals surface area (Å²) in [5.74, 6) is 1.07. The molecule has 1 aliphatic heterocycles. The molecule has 14 heavy (non-hydrogen) atoms. The summed E-state index contributed by atoms with van der Waals surface area (Å²) in [4.78, 5) is 1.86. The zero-order valence-corrected chi connectivity index (χ0v) is 10.6. The molecule has 0 spiro atoms. The summed E-state index contributed by atoms with van der Waals surface area (Å²) in [5, 5.41) is 0. The average molecular weight is 220 g/mol. The van der Waals surface area contributed by atoms with Gasteiger partial charge in [-0.3, -0.25) is 0 Å². The number of likely N-dealkylation sites (tertiary alicyclic amines) is 1. The second kappa shape index (κ2) is 8.55. The van der Waals surface area contributed by atoms with Crippen LogP contribution in [0.25, 0.3) is 0 Å². The lowest BCUT2D eigenvalue weighted by Gasteiger charge is -2.28. The summed E-state index contributed by atoms with van der Waals surface area (Å²) in [6.07, 6.45) is 8.67. The van der Waals surface area contributed by atoms with Crippen LogP contribution in [-0.2, 0) is 0 Å². The Bertz CT molecular complexity index is 119. The number of quaternary nitrogens is 1. The Labute approximate surface area is 95.7 Å². The van der Waals surface area contributed by atoms with Crippen LogP contribution in [0, 0.1) is 5.92 Å². The van der Waals surface area contributed by atoms with Gasteiger partial charge < -0.3 is 17.3 Å². The van der Waals surface area contributed by atoms with E-state index in [1.807, 2.05) is 4.90 Å². The number of rotatable bonds is 5. The fourth-order valence-electron chi connectivity index (χ4n) is 2.47. The number of unbranched alkanes of at least 4 members (excludes halogenated alkanes) is 1. The van der Waals surface area contributed by atoms with Crippen LogP contribution in [-0.4, -0.2) is 19.6 Å². The van der Waals surface area contributed by atoms with Gasteiger partial charge in [0.25, 0.3) is 0 Å². The van der Waals surface area contributed by atoms with Crippen molar-refractivity contribution in [3.63, 3.8) is 0 Å². The second-order valence-electron chi connectivity index (χ2n) is 4.59. The summed E-state index contributed by atoms with van der Waals surface area (Å²) < 4.78 is 0. The Balaban J connectivity index is 0.00000169. The van der Waals surface area contributed by atoms with E-state index < -0.39 is 0 Å². The van der Waals surface area contributed by atoms with Gasteiger partial charge in [-0.15, -0.1) is 0 Å². The smallest absolute Gasteiger partial charge is 0.0773 e. The third-order valence-electron chi connectivity index (χ3n) is 3.38. The van der Waals surface area contributed by atoms with E-state index in [1.54, 1.807) is 0 Å². The van der Waals surface area contributed by atoms with E-state index in [0.717, 1.165) is 5.92 Å². The van der Waals surface area contributed by atoms with E-state index in [1.165, 1.54) is 58.2 Å². The summed E-state index contributed by atoms with van der Waals surface area (Å²) >= 11 is 0. The molecule has 0 aromatic carbocycles. The molecule has 86 valence electrons. The maximum Gasteiger partial charge on any atom is 0.0773 e. The van der Waals surface area contributed by atoms with Crippen LogP contribution in [0.15, 0.2) is 0 Å². The van der Waals surface area contributed by atoms with Gasteiger partial charge in [0.2, 0.25) is 0 Å². The molecule has 0 atom stereocenters. The molecule has 1 fully saturated rings. The Kier molecular flexibility index (Phi) is 8.70. The predicted octanol–water partition coefficient (Wildman–Crippen LogP) is -1.11. The highest BCUT2D eigenvalue weighted by atomic mass is 35.5. The summed E-state index contributed by atoms with van der Waals surface area (Å²) in [6.45, 7) is 8.90. The van der Waals surface area contributed by atoms with Gasteiger partial charge in [0.15, 0.2) is 0 Å². The molecule has 1 N–H and O–H groups in total. The van der Waals surface area contributed by atoms with Crippen LogP contribution in [0.3, 0.4) is 0 Å². The Morgan fingerprint density at radius 1 is 1.07 bits per heavy atom. The number of hydrogen-bond acceptors (Lipinski definition) is 0. The first-order valence-corrected chi connectivity index (χ1v) is 6.20. The lowest BCUT2D eigenvalue weighted by molar-refractivity contribution is -0.906. The van der Waals surface area contributed by atoms with Crippen molar-refractivity contribution in [3.8, 4) is 0 Å². The van der Waals surface area contributed by atoms with Gasteiger partial charge in [0, 0.05) is 0 Å². The minimum absolute atomic E-state index is 0. The standard InChI is InChI=1S/C12H25N.ClH/c1-3-5-6-12-7-10-13(9-4-2)11-8-12;/h12H,3-11H2,1-2H3;1H. The lowest BCUT2D eigenvalue weighted by Crippen LogP contribution is -3.13. The largest absolute Gasteiger partial charge is 1.00 e. The molecule has 1 heterocycles. The molecule has 0 aliphatic carbocycles. The van der Waals surface area contributed by atoms with Gasteiger partial charge in [-0.25, -0.2) is 0 Å². The number of hydrogen-bond donors (Lipinski definition) is 1. The molecular weight excluding hydrogens is 194 g/mol. The average Bonchev–Trinajstić information content (AvgIpc) is 2.17. The number of halogens is 1. The van der Waals surface area contributed by atoms with Crippen LogP contribution in [0.5, 0.6) is 0 Å². The monoisotopic (exact) mass is 219 g/mol. The normalized spacial score (nSPS) is 27.0. The van der Waals surface area contributed by atoms with Gasteiger partial charge in [-0.1, -0.05) is 33.1 Å². The summed E-state index contributed by atoms with van der Waals surface area (Å²) in [7, 11) is 0. The van der Waals surface area contributed by atoms with Crippen LogP contribution >= 0.6 is 0 Å². The molecule has 0 aromatic heterocycles. The molecule has 0 unspecified atom stereocenters. The first-order chi connectivity index (χ1) is 6.36. The van der Waals surface area contributed by atoms with E-state index in [4.69, 9.17) is 0 Å². The van der Waals surface area contributed by atoms with Crippen molar-refractivity contribution in [2.24, 2.45) is 5.92 Å². The minimum atomic E-state index is 0. The molecule has 0 amide bonds. The molecule has 2 heteroatoms. The Morgan fingerprint density at radius 2 is 1.71 bits per heavy atom. The maximum atomic E-state index is 2.30. The van der Waals surface area contributed by atoms with Gasteiger partial charge in [0.05, 0.1) is 19.6 Å². The fraction of sp³-hybridized carbons (Fsp3) is 1.00. The second-order valence-corrected chi connectivity index (χ2v) is 4.59. The highest BCUT2D eigenvalue weighted by molar-refractivity contribution is 4.61. The first-order valence-electron chi connectivity index (χ1n) is 6.20. The molecule has 0 saturated carbocycles. The highest BCUT2D eigenvalue weighted by Gasteiger charge is 2.20. The highest BCUT2D eigenvalue weighted by Crippen LogP contribution is 2.16. The van der Waals surface area contributed by atoms with Crippen LogP contribution < -0.4 is 17.3 Å². The molecule has 1 nitrogen and oxygen atoms in total. The van der Waals surface area contributed by atoms with E-state index in [9.17, 15) is 0 Å². The molecule has 0 radical (unpaired) electrons. The zero-order chi connectivity index (χ0) is 9.52. The predicted molar refractivity (Wildman–Crippen MR) is 58.1 cm³/mol. The number of piperidine rings is 1. The lowest BCUT2D eigenvalue weighted by atomic mass is 9.92. The molecule has 0 aromatic rings. The Hall–Kier alpha value is 0.250. The molecule has 0 bridgehead atoms. The van der Waals surface area contributed by atoms with Crippen LogP contribution in [0.2, 0.25) is 0 Å². The van der Waals surface area contributed by atoms with Crippen molar-refractivity contribution in [2.45, 2.75) is 52.4 Å². The van der Waals surface area contributed by atoms with Crippen LogP contribution in [0.1, 0.15) is 52.4 Å². The Morgan fingerprint density at radius 3 is 2.21 bits per heavy atom. The van der Waals surface area contributed by atoms with Gasteiger partial charge in [-0.05, 0) is 25.2 Å². The fourth-order valence-corrected chi connectivity index (χ4v) is 2.47.